The summed E-state index contributed by atoms with van der Waals surface area (Å²) in [5, 5.41) is 19.8. The molecule has 0 amide bonds. The molecule has 0 spiro atoms. The van der Waals surface area contributed by atoms with E-state index in [1.54, 1.807) is 12.4 Å². The van der Waals surface area contributed by atoms with E-state index in [4.69, 9.17) is 5.26 Å². The lowest BCUT2D eigenvalue weighted by molar-refractivity contribution is 0.747. The largest absolute Gasteiger partial charge is 0.309 e. The van der Waals surface area contributed by atoms with Crippen LogP contribution in [0.5, 0.6) is 0 Å². The zero-order valence-electron chi connectivity index (χ0n) is 7.72. The Morgan fingerprint density at radius 1 is 1.64 bits per heavy atom. The van der Waals surface area contributed by atoms with Gasteiger partial charge in [-0.2, -0.15) is 20.6 Å². The molecule has 0 bridgehead atoms. The number of nitriles is 1. The topological polar surface area (TPSA) is 74.0 Å². The molecule has 0 saturated heterocycles. The zero-order valence-corrected chi connectivity index (χ0v) is 7.72. The van der Waals surface area contributed by atoms with Gasteiger partial charge in [-0.1, -0.05) is 0 Å². The Morgan fingerprint density at radius 3 is 3.29 bits per heavy atom. The van der Waals surface area contributed by atoms with Gasteiger partial charge < -0.3 is 5.43 Å². The summed E-state index contributed by atoms with van der Waals surface area (Å²) < 4.78 is 0. The minimum atomic E-state index is 0.461. The molecule has 1 aromatic rings. The van der Waals surface area contributed by atoms with Crippen LogP contribution in [0, 0.1) is 11.3 Å². The van der Waals surface area contributed by atoms with Crippen LogP contribution in [0.3, 0.4) is 0 Å². The quantitative estimate of drug-likeness (QED) is 0.416. The van der Waals surface area contributed by atoms with Gasteiger partial charge >= 0.3 is 0 Å². The van der Waals surface area contributed by atoms with E-state index in [2.05, 4.69) is 20.7 Å². The molecular formula is C9H11N5. The minimum Gasteiger partial charge on any atom is -0.309 e. The van der Waals surface area contributed by atoms with Crippen LogP contribution in [0.2, 0.25) is 0 Å². The Labute approximate surface area is 82.5 Å². The minimum absolute atomic E-state index is 0.461. The van der Waals surface area contributed by atoms with E-state index in [0.29, 0.717) is 19.4 Å². The third-order valence-corrected chi connectivity index (χ3v) is 1.46. The predicted octanol–water partition coefficient (Wildman–Crippen LogP) is 0.508. The number of hydrogen-bond acceptors (Lipinski definition) is 5. The second-order valence-electron chi connectivity index (χ2n) is 2.55. The molecule has 1 N–H and O–H groups in total. The molecule has 0 unspecified atom stereocenters. The first kappa shape index (κ1) is 10.1. The third kappa shape index (κ3) is 4.16. The summed E-state index contributed by atoms with van der Waals surface area (Å²) in [7, 11) is 0. The van der Waals surface area contributed by atoms with Gasteiger partial charge in [-0.3, -0.25) is 0 Å². The molecule has 1 rings (SSSR count). The average molecular weight is 189 g/mol. The molecule has 0 radical (unpaired) electrons. The van der Waals surface area contributed by atoms with Gasteiger partial charge in [0.2, 0.25) is 0 Å². The van der Waals surface area contributed by atoms with Crippen molar-refractivity contribution in [3.8, 4) is 6.07 Å². The van der Waals surface area contributed by atoms with Gasteiger partial charge in [0.05, 0.1) is 18.2 Å². The highest BCUT2D eigenvalue weighted by Gasteiger charge is 1.88. The fourth-order valence-corrected chi connectivity index (χ4v) is 0.822. The molecule has 0 saturated carbocycles. The summed E-state index contributed by atoms with van der Waals surface area (Å²) in [6.45, 7) is 0.577. The van der Waals surface area contributed by atoms with E-state index in [1.807, 2.05) is 18.2 Å². The van der Waals surface area contributed by atoms with Crippen molar-refractivity contribution < 1.29 is 0 Å². The van der Waals surface area contributed by atoms with Crippen molar-refractivity contribution in [2.24, 2.45) is 5.10 Å². The van der Waals surface area contributed by atoms with Crippen molar-refractivity contribution in [2.45, 2.75) is 12.8 Å². The normalized spacial score (nSPS) is 9.93. The number of hydrogen-bond donors (Lipinski definition) is 1. The second-order valence-corrected chi connectivity index (χ2v) is 2.55. The van der Waals surface area contributed by atoms with Crippen molar-refractivity contribution in [3.05, 3.63) is 24.0 Å². The molecule has 0 aliphatic heterocycles. The lowest BCUT2D eigenvalue weighted by Crippen LogP contribution is -2.07. The van der Waals surface area contributed by atoms with Crippen molar-refractivity contribution in [3.63, 3.8) is 0 Å². The van der Waals surface area contributed by atoms with Crippen LogP contribution in [0.25, 0.3) is 0 Å². The number of nitrogens with zero attached hydrogens (tertiary/aromatic N) is 4. The van der Waals surface area contributed by atoms with Crippen molar-refractivity contribution in [1.29, 1.82) is 5.26 Å². The molecule has 0 atom stereocenters. The number of aromatic nitrogens is 2. The Kier molecular flexibility index (Phi) is 4.73. The molecule has 0 aliphatic carbocycles. The van der Waals surface area contributed by atoms with Gasteiger partial charge in [-0.05, 0) is 12.1 Å². The van der Waals surface area contributed by atoms with Crippen LogP contribution >= 0.6 is 0 Å². The van der Waals surface area contributed by atoms with Crippen molar-refractivity contribution in [2.75, 3.05) is 6.54 Å². The highest BCUT2D eigenvalue weighted by atomic mass is 15.3. The molecule has 5 heteroatoms. The summed E-state index contributed by atoms with van der Waals surface area (Å²) in [4.78, 5) is 0. The van der Waals surface area contributed by atoms with E-state index in [9.17, 15) is 0 Å². The van der Waals surface area contributed by atoms with Crippen LogP contribution < -0.4 is 5.43 Å². The first-order valence-corrected chi connectivity index (χ1v) is 4.31. The maximum Gasteiger partial charge on any atom is 0.0685 e. The van der Waals surface area contributed by atoms with Crippen molar-refractivity contribution >= 4 is 6.21 Å². The Morgan fingerprint density at radius 2 is 2.57 bits per heavy atom. The first-order chi connectivity index (χ1) is 6.93. The number of nitrogens with one attached hydrogen (secondary N) is 1. The molecule has 5 nitrogen and oxygen atoms in total. The molecule has 14 heavy (non-hydrogen) atoms. The number of hydrazone groups is 1. The molecule has 0 fully saturated rings. The Balaban J connectivity index is 2.18. The summed E-state index contributed by atoms with van der Waals surface area (Å²) in [6.07, 6.45) is 4.45. The van der Waals surface area contributed by atoms with Crippen LogP contribution in [-0.4, -0.2) is 23.0 Å². The average Bonchev–Trinajstić information content (AvgIpc) is 2.25. The van der Waals surface area contributed by atoms with Gasteiger partial charge in [-0.15, -0.1) is 0 Å². The fourth-order valence-electron chi connectivity index (χ4n) is 0.822. The van der Waals surface area contributed by atoms with Crippen LogP contribution in [0.4, 0.5) is 0 Å². The van der Waals surface area contributed by atoms with E-state index >= 15 is 0 Å². The SMILES string of the molecule is N#CCCNN=CCc1cccnn1. The van der Waals surface area contributed by atoms with Gasteiger partial charge in [-0.25, -0.2) is 0 Å². The summed E-state index contributed by atoms with van der Waals surface area (Å²) in [5.74, 6) is 0. The highest BCUT2D eigenvalue weighted by molar-refractivity contribution is 5.59. The van der Waals surface area contributed by atoms with E-state index in [0.717, 1.165) is 5.69 Å². The van der Waals surface area contributed by atoms with Crippen molar-refractivity contribution in [1.82, 2.24) is 15.6 Å². The van der Waals surface area contributed by atoms with Gasteiger partial charge in [0.15, 0.2) is 0 Å². The lowest BCUT2D eigenvalue weighted by Gasteiger charge is -1.94. The summed E-state index contributed by atoms with van der Waals surface area (Å²) in [5.41, 5.74) is 3.63. The summed E-state index contributed by atoms with van der Waals surface area (Å²) >= 11 is 0. The van der Waals surface area contributed by atoms with E-state index in [1.165, 1.54) is 0 Å². The third-order valence-electron chi connectivity index (χ3n) is 1.46. The fraction of sp³-hybridized carbons (Fsp3) is 0.333. The monoisotopic (exact) mass is 189 g/mol. The van der Waals surface area contributed by atoms with Gasteiger partial charge in [0, 0.05) is 25.4 Å². The van der Waals surface area contributed by atoms with Crippen LogP contribution in [-0.2, 0) is 6.42 Å². The maximum atomic E-state index is 8.24. The highest BCUT2D eigenvalue weighted by Crippen LogP contribution is 1.89. The Hall–Kier alpha value is -1.96. The lowest BCUT2D eigenvalue weighted by atomic mass is 10.3. The Bertz CT molecular complexity index is 314. The molecule has 0 aromatic carbocycles. The molecule has 0 aliphatic rings. The smallest absolute Gasteiger partial charge is 0.0685 e. The van der Waals surface area contributed by atoms with E-state index < -0.39 is 0 Å². The molecule has 72 valence electrons. The predicted molar refractivity (Wildman–Crippen MR) is 52.5 cm³/mol. The van der Waals surface area contributed by atoms with Gasteiger partial charge in [0.25, 0.3) is 0 Å². The van der Waals surface area contributed by atoms with E-state index in [-0.39, 0.29) is 0 Å². The van der Waals surface area contributed by atoms with Crippen LogP contribution in [0.1, 0.15) is 12.1 Å². The number of rotatable bonds is 5. The zero-order chi connectivity index (χ0) is 10.1. The molecule has 1 heterocycles. The maximum absolute atomic E-state index is 8.24. The molecular weight excluding hydrogens is 178 g/mol. The molecule has 1 aromatic heterocycles. The second kappa shape index (κ2) is 6.54. The standard InChI is InChI=1S/C9H11N5/c10-5-2-7-11-12-8-4-9-3-1-6-13-14-9/h1,3,6,8,11H,2,4,7H2. The van der Waals surface area contributed by atoms with Gasteiger partial charge in [0.1, 0.15) is 0 Å². The summed E-state index contributed by atoms with van der Waals surface area (Å²) in [6, 6.07) is 5.73. The first-order valence-electron chi connectivity index (χ1n) is 4.31. The van der Waals surface area contributed by atoms with Crippen LogP contribution in [0.15, 0.2) is 23.4 Å².